The van der Waals surface area contributed by atoms with Crippen molar-refractivity contribution >= 4 is 12.1 Å². The first-order valence-corrected chi connectivity index (χ1v) is 12.8. The number of hydrogen-bond donors (Lipinski definition) is 1. The number of urea groups is 1. The molecule has 1 saturated heterocycles. The number of aryl methyl sites for hydroxylation is 1. The Kier molecular flexibility index (Phi) is 9.19. The normalized spacial score (nSPS) is 18.2. The first-order chi connectivity index (χ1) is 18.7. The zero-order chi connectivity index (χ0) is 30.9. The van der Waals surface area contributed by atoms with Crippen LogP contribution in [0.25, 0.3) is 0 Å². The fraction of sp³-hybridized carbons (Fsp3) is 0.500. The summed E-state index contributed by atoms with van der Waals surface area (Å²) in [6.45, 7) is 6.33. The largest absolute Gasteiger partial charge is 0.444 e. The van der Waals surface area contributed by atoms with E-state index in [9.17, 15) is 40.3 Å². The van der Waals surface area contributed by atoms with Gasteiger partial charge in [0, 0.05) is 26.2 Å². The molecule has 3 amide bonds. The maximum Gasteiger partial charge on any atom is 0.416 e. The van der Waals surface area contributed by atoms with Crippen LogP contribution in [0.1, 0.15) is 67.5 Å². The third-order valence-corrected chi connectivity index (χ3v) is 6.55. The standard InChI is InChI=1S/C28H32F7N3O3/c1-16-10-20(29)6-7-22(16)23-14-21(36-24(39)41-26(2,3)4)8-9-38(23)25(40)37(5)15-17-11-18(27(30,31)32)13-19(12-17)28(33,34)35/h6-7,10-13,21,23H,8-9,14-15H2,1-5H3,(H,36,39)/t21?,23-/m1/s1. The summed E-state index contributed by atoms with van der Waals surface area (Å²) >= 11 is 0. The second kappa shape index (κ2) is 11.8. The van der Waals surface area contributed by atoms with Crippen molar-refractivity contribution in [3.8, 4) is 0 Å². The fourth-order valence-corrected chi connectivity index (χ4v) is 4.78. The van der Waals surface area contributed by atoms with E-state index in [1.807, 2.05) is 0 Å². The number of rotatable bonds is 4. The third kappa shape index (κ3) is 8.49. The number of amides is 3. The highest BCUT2D eigenvalue weighted by molar-refractivity contribution is 5.75. The van der Waals surface area contributed by atoms with Crippen LogP contribution in [-0.4, -0.2) is 47.2 Å². The summed E-state index contributed by atoms with van der Waals surface area (Å²) in [5.74, 6) is -0.495. The van der Waals surface area contributed by atoms with Gasteiger partial charge in [-0.3, -0.25) is 0 Å². The lowest BCUT2D eigenvalue weighted by molar-refractivity contribution is -0.143. The second-order valence-corrected chi connectivity index (χ2v) is 11.1. The Morgan fingerprint density at radius 3 is 2.10 bits per heavy atom. The molecule has 1 aliphatic rings. The Morgan fingerprint density at radius 2 is 1.59 bits per heavy atom. The van der Waals surface area contributed by atoms with Crippen LogP contribution < -0.4 is 5.32 Å². The van der Waals surface area contributed by atoms with Gasteiger partial charge in [0.05, 0.1) is 17.2 Å². The molecule has 2 aromatic carbocycles. The van der Waals surface area contributed by atoms with Crippen LogP contribution in [0.4, 0.5) is 40.3 Å². The highest BCUT2D eigenvalue weighted by Crippen LogP contribution is 2.37. The molecule has 0 radical (unpaired) electrons. The molecule has 1 unspecified atom stereocenters. The minimum Gasteiger partial charge on any atom is -0.444 e. The number of likely N-dealkylation sites (tertiary alicyclic amines) is 1. The lowest BCUT2D eigenvalue weighted by Gasteiger charge is -2.42. The summed E-state index contributed by atoms with van der Waals surface area (Å²) in [4.78, 5) is 28.4. The van der Waals surface area contributed by atoms with Crippen molar-refractivity contribution in [3.05, 3.63) is 70.0 Å². The van der Waals surface area contributed by atoms with Gasteiger partial charge in [0.1, 0.15) is 11.4 Å². The van der Waals surface area contributed by atoms with E-state index in [-0.39, 0.29) is 24.6 Å². The number of hydrogen-bond acceptors (Lipinski definition) is 3. The highest BCUT2D eigenvalue weighted by atomic mass is 19.4. The van der Waals surface area contributed by atoms with Crippen molar-refractivity contribution in [2.75, 3.05) is 13.6 Å². The summed E-state index contributed by atoms with van der Waals surface area (Å²) < 4.78 is 99.1. The molecule has 2 atom stereocenters. The Labute approximate surface area is 233 Å². The molecule has 226 valence electrons. The molecular weight excluding hydrogens is 559 g/mol. The summed E-state index contributed by atoms with van der Waals surface area (Å²) in [6.07, 6.45) is -10.2. The Hall–Kier alpha value is -3.51. The van der Waals surface area contributed by atoms with Crippen LogP contribution in [0.5, 0.6) is 0 Å². The van der Waals surface area contributed by atoms with Crippen molar-refractivity contribution in [1.82, 2.24) is 15.1 Å². The average molecular weight is 592 g/mol. The molecule has 1 heterocycles. The van der Waals surface area contributed by atoms with Crippen LogP contribution in [0.2, 0.25) is 0 Å². The number of carbonyl (C=O) groups excluding carboxylic acids is 2. The van der Waals surface area contributed by atoms with Crippen LogP contribution in [-0.2, 0) is 23.6 Å². The molecule has 2 aromatic rings. The topological polar surface area (TPSA) is 61.9 Å². The SMILES string of the molecule is Cc1cc(F)ccc1[C@H]1CC(NC(=O)OC(C)(C)C)CCN1C(=O)N(C)Cc1cc(C(F)(F)F)cc(C(F)(F)F)c1. The first-order valence-electron chi connectivity index (χ1n) is 12.8. The summed E-state index contributed by atoms with van der Waals surface area (Å²) in [5, 5.41) is 2.78. The van der Waals surface area contributed by atoms with Crippen LogP contribution in [0, 0.1) is 12.7 Å². The molecule has 3 rings (SSSR count). The molecule has 0 saturated carbocycles. The lowest BCUT2D eigenvalue weighted by atomic mass is 9.89. The number of nitrogens with one attached hydrogen (secondary N) is 1. The molecule has 0 aromatic heterocycles. The molecule has 0 spiro atoms. The lowest BCUT2D eigenvalue weighted by Crippen LogP contribution is -2.51. The molecule has 1 aliphatic heterocycles. The van der Waals surface area contributed by atoms with Gasteiger partial charge in [-0.15, -0.1) is 0 Å². The maximum atomic E-state index is 13.9. The molecular formula is C28H32F7N3O3. The third-order valence-electron chi connectivity index (χ3n) is 6.55. The van der Waals surface area contributed by atoms with Gasteiger partial charge in [0.25, 0.3) is 0 Å². The van der Waals surface area contributed by atoms with E-state index in [1.165, 1.54) is 30.1 Å². The van der Waals surface area contributed by atoms with E-state index < -0.39 is 65.7 Å². The number of benzene rings is 2. The average Bonchev–Trinajstić information content (AvgIpc) is 2.81. The maximum absolute atomic E-state index is 13.9. The van der Waals surface area contributed by atoms with Gasteiger partial charge in [-0.05, 0) is 87.6 Å². The zero-order valence-electron chi connectivity index (χ0n) is 23.2. The molecule has 1 fully saturated rings. The highest BCUT2D eigenvalue weighted by Gasteiger charge is 2.38. The molecule has 0 aliphatic carbocycles. The van der Waals surface area contributed by atoms with Gasteiger partial charge in [-0.2, -0.15) is 26.3 Å². The molecule has 0 bridgehead atoms. The Balaban J connectivity index is 1.88. The number of halogens is 7. The van der Waals surface area contributed by atoms with E-state index in [0.29, 0.717) is 29.7 Å². The number of ether oxygens (including phenoxy) is 1. The van der Waals surface area contributed by atoms with E-state index in [0.717, 1.165) is 4.90 Å². The zero-order valence-corrected chi connectivity index (χ0v) is 23.2. The van der Waals surface area contributed by atoms with Gasteiger partial charge in [0.2, 0.25) is 0 Å². The Bertz CT molecular complexity index is 1240. The molecule has 13 heteroatoms. The van der Waals surface area contributed by atoms with Gasteiger partial charge < -0.3 is 19.9 Å². The number of alkyl halides is 6. The molecule has 41 heavy (non-hydrogen) atoms. The quantitative estimate of drug-likeness (QED) is 0.376. The van der Waals surface area contributed by atoms with E-state index in [4.69, 9.17) is 4.74 Å². The van der Waals surface area contributed by atoms with Crippen LogP contribution >= 0.6 is 0 Å². The molecule has 6 nitrogen and oxygen atoms in total. The summed E-state index contributed by atoms with van der Waals surface area (Å²) in [7, 11) is 1.27. The Morgan fingerprint density at radius 1 is 1.00 bits per heavy atom. The monoisotopic (exact) mass is 591 g/mol. The number of alkyl carbamates (subject to hydrolysis) is 1. The summed E-state index contributed by atoms with van der Waals surface area (Å²) in [5.41, 5.74) is -2.93. The van der Waals surface area contributed by atoms with Crippen molar-refractivity contribution in [2.45, 2.75) is 77.1 Å². The van der Waals surface area contributed by atoms with Gasteiger partial charge >= 0.3 is 24.5 Å². The van der Waals surface area contributed by atoms with Gasteiger partial charge in [0.15, 0.2) is 0 Å². The van der Waals surface area contributed by atoms with Gasteiger partial charge in [-0.1, -0.05) is 6.07 Å². The fourth-order valence-electron chi connectivity index (χ4n) is 4.78. The molecule has 1 N–H and O–H groups in total. The van der Waals surface area contributed by atoms with E-state index >= 15 is 0 Å². The van der Waals surface area contributed by atoms with Crippen molar-refractivity contribution < 1.29 is 45.1 Å². The summed E-state index contributed by atoms with van der Waals surface area (Å²) in [6, 6.07) is 3.46. The predicted molar refractivity (Wildman–Crippen MR) is 136 cm³/mol. The number of piperidine rings is 1. The minimum atomic E-state index is -5.02. The minimum absolute atomic E-state index is 0.0289. The number of nitrogens with zero attached hydrogens (tertiary/aromatic N) is 2. The van der Waals surface area contributed by atoms with Crippen molar-refractivity contribution in [1.29, 1.82) is 0 Å². The van der Waals surface area contributed by atoms with E-state index in [1.54, 1.807) is 27.7 Å². The second-order valence-electron chi connectivity index (χ2n) is 11.1. The first kappa shape index (κ1) is 32.0. The number of carbonyl (C=O) groups is 2. The predicted octanol–water partition coefficient (Wildman–Crippen LogP) is 7.45. The van der Waals surface area contributed by atoms with Gasteiger partial charge in [-0.25, -0.2) is 14.0 Å². The van der Waals surface area contributed by atoms with Crippen LogP contribution in [0.15, 0.2) is 36.4 Å². The smallest absolute Gasteiger partial charge is 0.416 e. The van der Waals surface area contributed by atoms with Crippen molar-refractivity contribution in [2.24, 2.45) is 0 Å². The van der Waals surface area contributed by atoms with E-state index in [2.05, 4.69) is 5.32 Å². The van der Waals surface area contributed by atoms with Crippen LogP contribution in [0.3, 0.4) is 0 Å². The van der Waals surface area contributed by atoms with Crippen molar-refractivity contribution in [3.63, 3.8) is 0 Å².